The summed E-state index contributed by atoms with van der Waals surface area (Å²) in [7, 11) is 0. The van der Waals surface area contributed by atoms with Gasteiger partial charge in [-0.15, -0.1) is 11.3 Å². The van der Waals surface area contributed by atoms with Crippen molar-refractivity contribution in [2.24, 2.45) is 0 Å². The lowest BCUT2D eigenvalue weighted by atomic mass is 10.3. The van der Waals surface area contributed by atoms with Gasteiger partial charge < -0.3 is 4.52 Å². The number of hydrogen-bond acceptors (Lipinski definition) is 3. The summed E-state index contributed by atoms with van der Waals surface area (Å²) >= 11 is 1.58. The van der Waals surface area contributed by atoms with E-state index in [1.54, 1.807) is 11.3 Å². The van der Waals surface area contributed by atoms with Crippen LogP contribution in [0.5, 0.6) is 0 Å². The van der Waals surface area contributed by atoms with Crippen LogP contribution in [0.15, 0.2) is 16.0 Å². The molecule has 0 aliphatic carbocycles. The fourth-order valence-electron chi connectivity index (χ4n) is 0.793. The molecule has 0 spiro atoms. The predicted octanol–water partition coefficient (Wildman–Crippen LogP) is 2.20. The number of thiophene rings is 1. The van der Waals surface area contributed by atoms with E-state index in [2.05, 4.69) is 5.16 Å². The highest BCUT2D eigenvalue weighted by Crippen LogP contribution is 2.22. The maximum Gasteiger partial charge on any atom is 0.220 e. The number of hydrogen-bond donors (Lipinski definition) is 0. The third kappa shape index (κ3) is 0.580. The van der Waals surface area contributed by atoms with E-state index in [1.165, 1.54) is 0 Å². The molecule has 0 aliphatic heterocycles. The second-order valence-corrected chi connectivity index (χ2v) is 2.77. The van der Waals surface area contributed by atoms with E-state index in [0.717, 1.165) is 16.0 Å². The van der Waals surface area contributed by atoms with Crippen molar-refractivity contribution >= 4 is 21.6 Å². The molecule has 0 bridgehead atoms. The number of rotatable bonds is 0. The highest BCUT2D eigenvalue weighted by molar-refractivity contribution is 7.16. The second kappa shape index (κ2) is 1.57. The second-order valence-electron chi connectivity index (χ2n) is 1.89. The first kappa shape index (κ1) is 4.99. The van der Waals surface area contributed by atoms with E-state index in [-0.39, 0.29) is 0 Å². The Morgan fingerprint density at radius 3 is 3.33 bits per heavy atom. The normalized spacial score (nSPS) is 10.8. The van der Waals surface area contributed by atoms with Crippen molar-refractivity contribution < 1.29 is 4.52 Å². The molecule has 0 unspecified atom stereocenters. The van der Waals surface area contributed by atoms with Gasteiger partial charge in [-0.3, -0.25) is 0 Å². The Balaban J connectivity index is 2.99. The summed E-state index contributed by atoms with van der Waals surface area (Å²) < 4.78 is 4.96. The zero-order valence-electron chi connectivity index (χ0n) is 4.92. The summed E-state index contributed by atoms with van der Waals surface area (Å²) in [5, 5.41) is 6.93. The molecule has 0 aliphatic rings. The minimum absolute atomic E-state index is 0.924. The molecule has 0 aromatic carbocycles. The number of nitrogens with zero attached hydrogens (tertiary/aromatic N) is 1. The molecule has 0 fully saturated rings. The lowest BCUT2D eigenvalue weighted by molar-refractivity contribution is 0.455. The highest BCUT2D eigenvalue weighted by Gasteiger charge is 2.02. The number of aryl methyl sites for hydroxylation is 1. The van der Waals surface area contributed by atoms with Gasteiger partial charge in [-0.1, -0.05) is 5.16 Å². The van der Waals surface area contributed by atoms with Crippen LogP contribution in [0.25, 0.3) is 10.3 Å². The molecule has 0 amide bonds. The Labute approximate surface area is 56.1 Å². The topological polar surface area (TPSA) is 26.0 Å². The van der Waals surface area contributed by atoms with Gasteiger partial charge in [0.05, 0.1) is 11.1 Å². The van der Waals surface area contributed by atoms with Gasteiger partial charge in [0, 0.05) is 0 Å². The zero-order valence-corrected chi connectivity index (χ0v) is 5.73. The molecule has 3 heteroatoms. The Morgan fingerprint density at radius 1 is 1.67 bits per heavy atom. The van der Waals surface area contributed by atoms with Crippen LogP contribution >= 0.6 is 11.3 Å². The van der Waals surface area contributed by atoms with Crippen molar-refractivity contribution in [3.63, 3.8) is 0 Å². The summed E-state index contributed by atoms with van der Waals surface area (Å²) in [5.41, 5.74) is 0.978. The van der Waals surface area contributed by atoms with Crippen LogP contribution in [-0.2, 0) is 0 Å². The molecule has 0 radical (unpaired) electrons. The van der Waals surface area contributed by atoms with E-state index in [0.29, 0.717) is 0 Å². The SMILES string of the molecule is Cc1noc2sccc12. The smallest absolute Gasteiger partial charge is 0.220 e. The number of fused-ring (bicyclic) bond motifs is 1. The largest absolute Gasteiger partial charge is 0.345 e. The fraction of sp³-hybridized carbons (Fsp3) is 0.167. The van der Waals surface area contributed by atoms with Gasteiger partial charge in [-0.25, -0.2) is 0 Å². The quantitative estimate of drug-likeness (QED) is 0.559. The molecule has 2 aromatic heterocycles. The lowest BCUT2D eigenvalue weighted by Crippen LogP contribution is -1.63. The molecule has 46 valence electrons. The summed E-state index contributed by atoms with van der Waals surface area (Å²) in [6, 6.07) is 2.02. The first-order valence-corrected chi connectivity index (χ1v) is 3.55. The van der Waals surface area contributed by atoms with Crippen LogP contribution in [0.1, 0.15) is 5.69 Å². The van der Waals surface area contributed by atoms with Crippen molar-refractivity contribution in [3.05, 3.63) is 17.1 Å². The molecule has 0 atom stereocenters. The van der Waals surface area contributed by atoms with E-state index < -0.39 is 0 Å². The Hall–Kier alpha value is -0.830. The van der Waals surface area contributed by atoms with E-state index in [1.807, 2.05) is 18.4 Å². The van der Waals surface area contributed by atoms with Crippen molar-refractivity contribution in [3.8, 4) is 0 Å². The van der Waals surface area contributed by atoms with Crippen LogP contribution in [0.4, 0.5) is 0 Å². The molecule has 0 N–H and O–H groups in total. The molecular formula is C6H5NOS. The third-order valence-corrected chi connectivity index (χ3v) is 2.07. The Morgan fingerprint density at radius 2 is 2.56 bits per heavy atom. The van der Waals surface area contributed by atoms with Crippen LogP contribution < -0.4 is 0 Å². The first-order chi connectivity index (χ1) is 4.38. The first-order valence-electron chi connectivity index (χ1n) is 2.67. The minimum Gasteiger partial charge on any atom is -0.345 e. The molecule has 9 heavy (non-hydrogen) atoms. The highest BCUT2D eigenvalue weighted by atomic mass is 32.1. The van der Waals surface area contributed by atoms with Crippen LogP contribution in [-0.4, -0.2) is 5.16 Å². The van der Waals surface area contributed by atoms with Crippen molar-refractivity contribution in [1.29, 1.82) is 0 Å². The van der Waals surface area contributed by atoms with E-state index in [4.69, 9.17) is 4.52 Å². The van der Waals surface area contributed by atoms with Gasteiger partial charge in [-0.05, 0) is 18.4 Å². The zero-order chi connectivity index (χ0) is 6.27. The lowest BCUT2D eigenvalue weighted by Gasteiger charge is -1.70. The summed E-state index contributed by atoms with van der Waals surface area (Å²) in [5.74, 6) is 0. The van der Waals surface area contributed by atoms with Crippen LogP contribution in [0, 0.1) is 6.92 Å². The maximum atomic E-state index is 4.96. The molecule has 2 nitrogen and oxygen atoms in total. The van der Waals surface area contributed by atoms with Crippen LogP contribution in [0.2, 0.25) is 0 Å². The van der Waals surface area contributed by atoms with Gasteiger partial charge in [0.2, 0.25) is 4.90 Å². The van der Waals surface area contributed by atoms with Gasteiger partial charge in [0.15, 0.2) is 0 Å². The third-order valence-electron chi connectivity index (χ3n) is 1.28. The van der Waals surface area contributed by atoms with Gasteiger partial charge in [0.25, 0.3) is 0 Å². The van der Waals surface area contributed by atoms with E-state index >= 15 is 0 Å². The fourth-order valence-corrected chi connectivity index (χ4v) is 1.54. The average molecular weight is 139 g/mol. The Bertz CT molecular complexity index is 322. The molecule has 2 heterocycles. The molecule has 0 saturated carbocycles. The maximum absolute atomic E-state index is 4.96. The minimum atomic E-state index is 0.924. The number of aromatic nitrogens is 1. The predicted molar refractivity (Wildman–Crippen MR) is 36.6 cm³/mol. The van der Waals surface area contributed by atoms with Gasteiger partial charge in [-0.2, -0.15) is 0 Å². The molecule has 2 rings (SSSR count). The van der Waals surface area contributed by atoms with Gasteiger partial charge >= 0.3 is 0 Å². The monoisotopic (exact) mass is 139 g/mol. The van der Waals surface area contributed by atoms with Gasteiger partial charge in [0.1, 0.15) is 0 Å². The standard InChI is InChI=1S/C6H5NOS/c1-4-5-2-3-9-6(5)8-7-4/h2-3H,1H3. The molecule has 2 aromatic rings. The summed E-state index contributed by atoms with van der Waals surface area (Å²) in [6.45, 7) is 1.94. The summed E-state index contributed by atoms with van der Waals surface area (Å²) in [6.07, 6.45) is 0. The molecular weight excluding hydrogens is 134 g/mol. The van der Waals surface area contributed by atoms with Crippen LogP contribution in [0.3, 0.4) is 0 Å². The average Bonchev–Trinajstić information content (AvgIpc) is 2.35. The van der Waals surface area contributed by atoms with E-state index in [9.17, 15) is 0 Å². The summed E-state index contributed by atoms with van der Waals surface area (Å²) in [4.78, 5) is 0.924. The van der Waals surface area contributed by atoms with Crippen molar-refractivity contribution in [2.75, 3.05) is 0 Å². The van der Waals surface area contributed by atoms with Crippen molar-refractivity contribution in [2.45, 2.75) is 6.92 Å². The molecule has 0 saturated heterocycles. The Kier molecular flexibility index (Phi) is 0.873. The van der Waals surface area contributed by atoms with Crippen molar-refractivity contribution in [1.82, 2.24) is 5.16 Å².